The van der Waals surface area contributed by atoms with Gasteiger partial charge in [0, 0.05) is 31.4 Å². The zero-order valence-corrected chi connectivity index (χ0v) is 10.8. The van der Waals surface area contributed by atoms with Gasteiger partial charge in [0.15, 0.2) is 0 Å². The molecule has 1 heterocycles. The first-order chi connectivity index (χ1) is 8.25. The molecule has 2 N–H and O–H groups in total. The van der Waals surface area contributed by atoms with E-state index in [0.29, 0.717) is 0 Å². The van der Waals surface area contributed by atoms with Crippen LogP contribution in [0.3, 0.4) is 0 Å². The Labute approximate surface area is 105 Å². The molecule has 104 valence electrons. The van der Waals surface area contributed by atoms with E-state index in [4.69, 9.17) is 5.73 Å². The molecular formula is C11H19F3N4. The third-order valence-corrected chi connectivity index (χ3v) is 2.88. The van der Waals surface area contributed by atoms with Gasteiger partial charge in [-0.1, -0.05) is 6.92 Å². The lowest BCUT2D eigenvalue weighted by molar-refractivity contribution is -0.187. The predicted molar refractivity (Wildman–Crippen MR) is 62.8 cm³/mol. The van der Waals surface area contributed by atoms with E-state index in [1.54, 1.807) is 31.0 Å². The van der Waals surface area contributed by atoms with Crippen molar-refractivity contribution in [3.05, 3.63) is 18.0 Å². The molecule has 0 saturated carbocycles. The first kappa shape index (κ1) is 15.0. The highest BCUT2D eigenvalue weighted by atomic mass is 19.4. The van der Waals surface area contributed by atoms with Gasteiger partial charge in [-0.25, -0.2) is 0 Å². The minimum absolute atomic E-state index is 0.172. The average Bonchev–Trinajstić information content (AvgIpc) is 2.61. The second-order valence-electron chi connectivity index (χ2n) is 4.50. The summed E-state index contributed by atoms with van der Waals surface area (Å²) in [6.45, 7) is 1.83. The van der Waals surface area contributed by atoms with Gasteiger partial charge in [0.1, 0.15) is 6.04 Å². The maximum atomic E-state index is 13.0. The molecule has 4 nitrogen and oxygen atoms in total. The highest BCUT2D eigenvalue weighted by Crippen LogP contribution is 2.27. The molecule has 7 heteroatoms. The Balaban J connectivity index is 2.79. The number of aryl methyl sites for hydroxylation is 1. The number of likely N-dealkylation sites (N-methyl/N-ethyl adjacent to an activating group) is 1. The minimum Gasteiger partial charge on any atom is -0.326 e. The topological polar surface area (TPSA) is 47.1 Å². The number of nitrogens with two attached hydrogens (primary N) is 1. The van der Waals surface area contributed by atoms with Gasteiger partial charge >= 0.3 is 6.18 Å². The highest BCUT2D eigenvalue weighted by molar-refractivity contribution is 5.04. The van der Waals surface area contributed by atoms with Crippen LogP contribution in [-0.4, -0.2) is 40.0 Å². The summed E-state index contributed by atoms with van der Waals surface area (Å²) in [6, 6.07) is -2.56. The van der Waals surface area contributed by atoms with Crippen molar-refractivity contribution in [3.63, 3.8) is 0 Å². The van der Waals surface area contributed by atoms with E-state index >= 15 is 0 Å². The van der Waals surface area contributed by atoms with Crippen molar-refractivity contribution in [2.45, 2.75) is 38.1 Å². The Morgan fingerprint density at radius 2 is 2.11 bits per heavy atom. The van der Waals surface area contributed by atoms with Gasteiger partial charge in [0.25, 0.3) is 0 Å². The molecule has 1 aromatic heterocycles. The molecule has 0 aromatic carbocycles. The van der Waals surface area contributed by atoms with Crippen molar-refractivity contribution in [2.24, 2.45) is 12.8 Å². The summed E-state index contributed by atoms with van der Waals surface area (Å²) in [5.41, 5.74) is 6.31. The molecule has 2 unspecified atom stereocenters. The molecule has 0 amide bonds. The third-order valence-electron chi connectivity index (χ3n) is 2.88. The van der Waals surface area contributed by atoms with Gasteiger partial charge in [-0.05, 0) is 13.5 Å². The van der Waals surface area contributed by atoms with Crippen LogP contribution >= 0.6 is 0 Å². The molecule has 0 fully saturated rings. The number of nitrogens with zero attached hydrogens (tertiary/aromatic N) is 3. The Hall–Kier alpha value is -1.08. The fourth-order valence-electron chi connectivity index (χ4n) is 1.98. The Morgan fingerprint density at radius 3 is 2.50 bits per heavy atom. The quantitative estimate of drug-likeness (QED) is 0.877. The minimum atomic E-state index is -4.33. The van der Waals surface area contributed by atoms with Crippen molar-refractivity contribution >= 4 is 0 Å². The predicted octanol–water partition coefficient (Wildman–Crippen LogP) is 1.52. The standard InChI is InChI=1S/C11H19F3N4/c1-4-9(15)10(11(12,13)14)17(2)6-8-5-16-18(3)7-8/h5,7,9-10H,4,6,15H2,1-3H3. The van der Waals surface area contributed by atoms with Crippen molar-refractivity contribution in [1.82, 2.24) is 14.7 Å². The van der Waals surface area contributed by atoms with Crippen LogP contribution in [0.1, 0.15) is 18.9 Å². The molecule has 0 spiro atoms. The zero-order chi connectivity index (χ0) is 13.9. The lowest BCUT2D eigenvalue weighted by Gasteiger charge is -2.33. The first-order valence-corrected chi connectivity index (χ1v) is 5.75. The fraction of sp³-hybridized carbons (Fsp3) is 0.727. The van der Waals surface area contributed by atoms with Crippen LogP contribution in [0, 0.1) is 0 Å². The average molecular weight is 264 g/mol. The lowest BCUT2D eigenvalue weighted by atomic mass is 10.0. The molecule has 2 atom stereocenters. The molecule has 0 radical (unpaired) electrons. The first-order valence-electron chi connectivity index (χ1n) is 5.75. The van der Waals surface area contributed by atoms with Crippen molar-refractivity contribution < 1.29 is 13.2 Å². The zero-order valence-electron chi connectivity index (χ0n) is 10.8. The number of halogens is 3. The molecule has 1 rings (SSSR count). The SMILES string of the molecule is CCC(N)C(N(C)Cc1cnn(C)c1)C(F)(F)F. The van der Waals surface area contributed by atoms with E-state index in [0.717, 1.165) is 5.56 Å². The number of hydrogen-bond acceptors (Lipinski definition) is 3. The normalized spacial score (nSPS) is 16.0. The van der Waals surface area contributed by atoms with E-state index in [1.807, 2.05) is 0 Å². The molecule has 1 aromatic rings. The van der Waals surface area contributed by atoms with Gasteiger partial charge in [-0.3, -0.25) is 9.58 Å². The summed E-state index contributed by atoms with van der Waals surface area (Å²) in [7, 11) is 3.16. The summed E-state index contributed by atoms with van der Waals surface area (Å²) in [5.74, 6) is 0. The highest BCUT2D eigenvalue weighted by Gasteiger charge is 2.45. The molecular weight excluding hydrogens is 245 g/mol. The Bertz CT molecular complexity index is 375. The Kier molecular flexibility index (Phi) is 4.75. The van der Waals surface area contributed by atoms with E-state index in [1.165, 1.54) is 11.9 Å². The second kappa shape index (κ2) is 5.71. The molecule has 0 bridgehead atoms. The molecule has 18 heavy (non-hydrogen) atoms. The number of rotatable bonds is 5. The number of hydrogen-bond donors (Lipinski definition) is 1. The summed E-state index contributed by atoms with van der Waals surface area (Å²) < 4.78 is 40.5. The molecule has 0 aliphatic heterocycles. The second-order valence-corrected chi connectivity index (χ2v) is 4.50. The van der Waals surface area contributed by atoms with Gasteiger partial charge in [0.05, 0.1) is 6.20 Å². The summed E-state index contributed by atoms with van der Waals surface area (Å²) in [6.07, 6.45) is -0.795. The number of alkyl halides is 3. The molecule has 0 saturated heterocycles. The van der Waals surface area contributed by atoms with Crippen LogP contribution in [0.25, 0.3) is 0 Å². The largest absolute Gasteiger partial charge is 0.405 e. The van der Waals surface area contributed by atoms with Crippen LogP contribution < -0.4 is 5.73 Å². The third kappa shape index (κ3) is 3.71. The summed E-state index contributed by atoms with van der Waals surface area (Å²) >= 11 is 0. The van der Waals surface area contributed by atoms with Gasteiger partial charge in [-0.15, -0.1) is 0 Å². The summed E-state index contributed by atoms with van der Waals surface area (Å²) in [4.78, 5) is 1.23. The molecule has 0 aliphatic rings. The van der Waals surface area contributed by atoms with Gasteiger partial charge in [0.2, 0.25) is 0 Å². The van der Waals surface area contributed by atoms with Gasteiger partial charge in [-0.2, -0.15) is 18.3 Å². The fourth-order valence-corrected chi connectivity index (χ4v) is 1.98. The van der Waals surface area contributed by atoms with E-state index in [2.05, 4.69) is 5.10 Å². The lowest BCUT2D eigenvalue weighted by Crippen LogP contribution is -2.54. The van der Waals surface area contributed by atoms with Crippen LogP contribution in [0.2, 0.25) is 0 Å². The van der Waals surface area contributed by atoms with Crippen LogP contribution in [-0.2, 0) is 13.6 Å². The van der Waals surface area contributed by atoms with Crippen molar-refractivity contribution in [2.75, 3.05) is 7.05 Å². The van der Waals surface area contributed by atoms with Crippen LogP contribution in [0.4, 0.5) is 13.2 Å². The Morgan fingerprint density at radius 1 is 1.50 bits per heavy atom. The molecule has 0 aliphatic carbocycles. The van der Waals surface area contributed by atoms with E-state index < -0.39 is 18.3 Å². The monoisotopic (exact) mass is 264 g/mol. The smallest absolute Gasteiger partial charge is 0.326 e. The van der Waals surface area contributed by atoms with Crippen LogP contribution in [0.5, 0.6) is 0 Å². The summed E-state index contributed by atoms with van der Waals surface area (Å²) in [5, 5.41) is 3.93. The number of aromatic nitrogens is 2. The van der Waals surface area contributed by atoms with Crippen molar-refractivity contribution in [3.8, 4) is 0 Å². The maximum absolute atomic E-state index is 13.0. The van der Waals surface area contributed by atoms with E-state index in [-0.39, 0.29) is 13.0 Å². The van der Waals surface area contributed by atoms with Crippen LogP contribution in [0.15, 0.2) is 12.4 Å². The van der Waals surface area contributed by atoms with E-state index in [9.17, 15) is 13.2 Å². The van der Waals surface area contributed by atoms with Crippen molar-refractivity contribution in [1.29, 1.82) is 0 Å². The van der Waals surface area contributed by atoms with Gasteiger partial charge < -0.3 is 5.73 Å². The maximum Gasteiger partial charge on any atom is 0.405 e.